The minimum atomic E-state index is -0.508. The summed E-state index contributed by atoms with van der Waals surface area (Å²) in [5.41, 5.74) is 9.91. The lowest BCUT2D eigenvalue weighted by atomic mass is 10.0. The summed E-state index contributed by atoms with van der Waals surface area (Å²) in [5, 5.41) is 7.85. The van der Waals surface area contributed by atoms with Crippen LogP contribution in [0.4, 0.5) is 5.69 Å². The first-order chi connectivity index (χ1) is 13.8. The number of aromatic nitrogens is 2. The second-order valence-electron chi connectivity index (χ2n) is 7.91. The number of nitrogens with two attached hydrogens (primary N) is 1. The molecule has 0 spiro atoms. The number of benzene rings is 1. The zero-order valence-electron chi connectivity index (χ0n) is 16.8. The van der Waals surface area contributed by atoms with Crippen LogP contribution in [0.5, 0.6) is 0 Å². The van der Waals surface area contributed by atoms with Gasteiger partial charge in [-0.25, -0.2) is 4.52 Å². The van der Waals surface area contributed by atoms with Crippen LogP contribution in [0.1, 0.15) is 40.5 Å². The Hall–Kier alpha value is -3.35. The van der Waals surface area contributed by atoms with Crippen molar-refractivity contribution in [1.29, 1.82) is 0 Å². The fraction of sp³-hybridized carbons (Fsp3) is 0.318. The van der Waals surface area contributed by atoms with Gasteiger partial charge in [-0.05, 0) is 49.4 Å². The van der Waals surface area contributed by atoms with Crippen LogP contribution < -0.4 is 11.1 Å². The summed E-state index contributed by atoms with van der Waals surface area (Å²) in [7, 11) is 3.46. The Morgan fingerprint density at radius 1 is 1.24 bits per heavy atom. The molecule has 0 bridgehead atoms. The number of carbonyl (C=O) groups is 2. The highest BCUT2D eigenvalue weighted by Crippen LogP contribution is 2.36. The molecule has 1 aliphatic carbocycles. The number of fused-ring (bicyclic) bond motifs is 1. The molecule has 0 saturated heterocycles. The maximum atomic E-state index is 12.3. The zero-order valence-corrected chi connectivity index (χ0v) is 16.8. The summed E-state index contributed by atoms with van der Waals surface area (Å²) in [6, 6.07) is 9.71. The first kappa shape index (κ1) is 19.0. The summed E-state index contributed by atoms with van der Waals surface area (Å²) in [6.45, 7) is 2.12. The summed E-state index contributed by atoms with van der Waals surface area (Å²) in [4.78, 5) is 25.8. The monoisotopic (exact) mass is 391 g/mol. The largest absolute Gasteiger partial charge is 0.380 e. The second kappa shape index (κ2) is 7.24. The lowest BCUT2D eigenvalue weighted by Gasteiger charge is -2.17. The van der Waals surface area contributed by atoms with Gasteiger partial charge in [0.2, 0.25) is 0 Å². The first-order valence-corrected chi connectivity index (χ1v) is 9.75. The molecule has 29 heavy (non-hydrogen) atoms. The molecule has 4 rings (SSSR count). The van der Waals surface area contributed by atoms with E-state index >= 15 is 0 Å². The third-order valence-electron chi connectivity index (χ3n) is 5.45. The van der Waals surface area contributed by atoms with E-state index in [1.165, 1.54) is 19.0 Å². The molecule has 1 saturated carbocycles. The van der Waals surface area contributed by atoms with E-state index < -0.39 is 5.91 Å². The highest BCUT2D eigenvalue weighted by Gasteiger charge is 2.29. The quantitative estimate of drug-likeness (QED) is 0.676. The van der Waals surface area contributed by atoms with E-state index in [2.05, 4.69) is 17.3 Å². The molecule has 0 aliphatic heterocycles. The van der Waals surface area contributed by atoms with Crippen LogP contribution in [0.25, 0.3) is 16.6 Å². The van der Waals surface area contributed by atoms with Crippen LogP contribution in [0.3, 0.4) is 0 Å². The van der Waals surface area contributed by atoms with E-state index in [-0.39, 0.29) is 11.9 Å². The van der Waals surface area contributed by atoms with Crippen molar-refractivity contribution in [2.45, 2.75) is 25.8 Å². The first-order valence-electron chi connectivity index (χ1n) is 9.75. The van der Waals surface area contributed by atoms with Gasteiger partial charge in [0.1, 0.15) is 0 Å². The SMILES string of the molecule is C[C@@H](Nc1c(C(N)=O)cnn2cc(-c3cccc(C(=O)N(C)C)c3)cc12)C1CC1. The third kappa shape index (κ3) is 3.68. The molecule has 7 nitrogen and oxygen atoms in total. The number of hydrogen-bond donors (Lipinski definition) is 2. The number of amides is 2. The highest BCUT2D eigenvalue weighted by atomic mass is 16.2. The van der Waals surface area contributed by atoms with Gasteiger partial charge in [0.25, 0.3) is 11.8 Å². The van der Waals surface area contributed by atoms with Crippen LogP contribution in [0, 0.1) is 5.92 Å². The number of nitrogens with zero attached hydrogens (tertiary/aromatic N) is 3. The van der Waals surface area contributed by atoms with Gasteiger partial charge in [-0.1, -0.05) is 12.1 Å². The Kier molecular flexibility index (Phi) is 4.74. The van der Waals surface area contributed by atoms with Crippen molar-refractivity contribution in [3.8, 4) is 11.1 Å². The van der Waals surface area contributed by atoms with Crippen LogP contribution in [0.2, 0.25) is 0 Å². The van der Waals surface area contributed by atoms with Crippen molar-refractivity contribution in [1.82, 2.24) is 14.5 Å². The molecule has 1 aliphatic rings. The molecule has 150 valence electrons. The van der Waals surface area contributed by atoms with Crippen molar-refractivity contribution in [3.63, 3.8) is 0 Å². The molecular formula is C22H25N5O2. The van der Waals surface area contributed by atoms with Crippen molar-refractivity contribution >= 4 is 23.0 Å². The standard InChI is InChI=1S/C22H25N5O2/c1-13(14-7-8-14)25-20-18(21(23)28)11-24-27-12-17(10-19(20)27)15-5-4-6-16(9-15)22(29)26(2)3/h4-6,9-14,25H,7-8H2,1-3H3,(H2,23,28)/t13-/m1/s1. The van der Waals surface area contributed by atoms with Crippen LogP contribution in [-0.4, -0.2) is 46.5 Å². The number of hydrogen-bond acceptors (Lipinski definition) is 4. The molecule has 7 heteroatoms. The fourth-order valence-electron chi connectivity index (χ4n) is 3.58. The van der Waals surface area contributed by atoms with Gasteiger partial charge in [-0.3, -0.25) is 9.59 Å². The zero-order chi connectivity index (χ0) is 20.7. The van der Waals surface area contributed by atoms with Gasteiger partial charge in [-0.15, -0.1) is 0 Å². The number of anilines is 1. The van der Waals surface area contributed by atoms with Gasteiger partial charge < -0.3 is 16.0 Å². The molecule has 2 aromatic heterocycles. The third-order valence-corrected chi connectivity index (χ3v) is 5.45. The predicted molar refractivity (Wildman–Crippen MR) is 113 cm³/mol. The molecule has 0 unspecified atom stereocenters. The highest BCUT2D eigenvalue weighted by molar-refractivity contribution is 6.02. The van der Waals surface area contributed by atoms with Crippen molar-refractivity contribution in [2.75, 3.05) is 19.4 Å². The summed E-state index contributed by atoms with van der Waals surface area (Å²) < 4.78 is 1.74. The van der Waals surface area contributed by atoms with E-state index in [4.69, 9.17) is 5.73 Å². The number of carbonyl (C=O) groups excluding carboxylic acids is 2. The van der Waals surface area contributed by atoms with Crippen LogP contribution in [0.15, 0.2) is 42.7 Å². The Morgan fingerprint density at radius 3 is 2.66 bits per heavy atom. The number of nitrogens with one attached hydrogen (secondary N) is 1. The molecule has 3 aromatic rings. The van der Waals surface area contributed by atoms with Crippen molar-refractivity contribution in [3.05, 3.63) is 53.9 Å². The van der Waals surface area contributed by atoms with Gasteiger partial charge >= 0.3 is 0 Å². The van der Waals surface area contributed by atoms with Gasteiger partial charge in [0.15, 0.2) is 0 Å². The van der Waals surface area contributed by atoms with E-state index in [0.717, 1.165) is 16.6 Å². The maximum absolute atomic E-state index is 12.3. The predicted octanol–water partition coefficient (Wildman–Crippen LogP) is 3.01. The fourth-order valence-corrected chi connectivity index (χ4v) is 3.58. The molecule has 3 N–H and O–H groups in total. The van der Waals surface area contributed by atoms with Crippen LogP contribution >= 0.6 is 0 Å². The lowest BCUT2D eigenvalue weighted by Crippen LogP contribution is -2.22. The summed E-state index contributed by atoms with van der Waals surface area (Å²) in [6.07, 6.45) is 5.79. The Morgan fingerprint density at radius 2 is 2.00 bits per heavy atom. The second-order valence-corrected chi connectivity index (χ2v) is 7.91. The molecule has 2 amide bonds. The lowest BCUT2D eigenvalue weighted by molar-refractivity contribution is 0.0827. The number of rotatable bonds is 6. The minimum absolute atomic E-state index is 0.0506. The molecular weight excluding hydrogens is 366 g/mol. The van der Waals surface area contributed by atoms with E-state index in [0.29, 0.717) is 22.7 Å². The van der Waals surface area contributed by atoms with Gasteiger partial charge in [0.05, 0.1) is 23.0 Å². The van der Waals surface area contributed by atoms with Gasteiger partial charge in [-0.2, -0.15) is 5.10 Å². The smallest absolute Gasteiger partial charge is 0.253 e. The molecule has 2 heterocycles. The Bertz CT molecular complexity index is 1100. The van der Waals surface area contributed by atoms with Crippen LogP contribution in [-0.2, 0) is 0 Å². The Balaban J connectivity index is 1.79. The van der Waals surface area contributed by atoms with E-state index in [9.17, 15) is 9.59 Å². The Labute approximate surface area is 169 Å². The average molecular weight is 391 g/mol. The van der Waals surface area contributed by atoms with Gasteiger partial charge in [0, 0.05) is 37.5 Å². The summed E-state index contributed by atoms with van der Waals surface area (Å²) >= 11 is 0. The normalized spacial score (nSPS) is 14.6. The molecule has 1 fully saturated rings. The molecule has 1 aromatic carbocycles. The number of primary amides is 1. The minimum Gasteiger partial charge on any atom is -0.380 e. The van der Waals surface area contributed by atoms with Crippen molar-refractivity contribution in [2.24, 2.45) is 11.7 Å². The molecule has 1 atom stereocenters. The van der Waals surface area contributed by atoms with Crippen molar-refractivity contribution < 1.29 is 9.59 Å². The van der Waals surface area contributed by atoms with E-state index in [1.54, 1.807) is 29.6 Å². The molecule has 0 radical (unpaired) electrons. The summed E-state index contributed by atoms with van der Waals surface area (Å²) in [5.74, 6) is 0.0595. The van der Waals surface area contributed by atoms with E-state index in [1.807, 2.05) is 30.5 Å². The maximum Gasteiger partial charge on any atom is 0.253 e. The topological polar surface area (TPSA) is 92.7 Å². The average Bonchev–Trinajstić information content (AvgIpc) is 3.46.